The molecule has 2 aromatic rings. The smallest absolute Gasteiger partial charge is 0.270 e. The van der Waals surface area contributed by atoms with Crippen LogP contribution >= 0.6 is 0 Å². The number of nitro groups is 1. The van der Waals surface area contributed by atoms with Gasteiger partial charge in [-0.05, 0) is 30.8 Å². The molecule has 25 heavy (non-hydrogen) atoms. The van der Waals surface area contributed by atoms with Crippen LogP contribution in [0, 0.1) is 15.9 Å². The van der Waals surface area contributed by atoms with E-state index in [0.29, 0.717) is 12.1 Å². The maximum absolute atomic E-state index is 13.2. The van der Waals surface area contributed by atoms with E-state index in [2.05, 4.69) is 0 Å². The van der Waals surface area contributed by atoms with E-state index in [1.165, 1.54) is 24.3 Å². The van der Waals surface area contributed by atoms with Gasteiger partial charge in [0, 0.05) is 18.7 Å². The van der Waals surface area contributed by atoms with Gasteiger partial charge in [-0.15, -0.1) is 0 Å². The van der Waals surface area contributed by atoms with E-state index in [1.54, 1.807) is 24.1 Å². The van der Waals surface area contributed by atoms with E-state index in [4.69, 9.17) is 0 Å². The second-order valence-corrected chi connectivity index (χ2v) is 5.81. The molecule has 0 aliphatic carbocycles. The Morgan fingerprint density at radius 1 is 1.12 bits per heavy atom. The zero-order valence-corrected chi connectivity index (χ0v) is 13.3. The van der Waals surface area contributed by atoms with Gasteiger partial charge in [-0.25, -0.2) is 4.39 Å². The molecule has 0 spiro atoms. The fraction of sp³-hybridized carbons (Fsp3) is 0.176. The zero-order valence-electron chi connectivity index (χ0n) is 13.3. The number of carbonyl (C=O) groups is 2. The number of hydrogen-bond acceptors (Lipinski definition) is 5. The third-order valence-electron chi connectivity index (χ3n) is 3.89. The van der Waals surface area contributed by atoms with Gasteiger partial charge in [0.1, 0.15) is 5.82 Å². The quantitative estimate of drug-likeness (QED) is 0.473. The van der Waals surface area contributed by atoms with E-state index in [-0.39, 0.29) is 29.3 Å². The Morgan fingerprint density at radius 3 is 2.52 bits per heavy atom. The number of hydrogen-bond donors (Lipinski definition) is 0. The zero-order chi connectivity index (χ0) is 18.1. The van der Waals surface area contributed by atoms with Gasteiger partial charge < -0.3 is 0 Å². The first kappa shape index (κ1) is 16.7. The summed E-state index contributed by atoms with van der Waals surface area (Å²) in [6, 6.07) is 9.64. The first-order valence-electron chi connectivity index (χ1n) is 7.44. The predicted octanol–water partition coefficient (Wildman–Crippen LogP) is 2.42. The lowest BCUT2D eigenvalue weighted by atomic mass is 10.1. The van der Waals surface area contributed by atoms with Crippen LogP contribution in [0.5, 0.6) is 0 Å². The number of benzene rings is 2. The maximum Gasteiger partial charge on any atom is 0.270 e. The minimum Gasteiger partial charge on any atom is -0.284 e. The molecule has 0 saturated heterocycles. The number of nitro benzene ring substituents is 1. The monoisotopic (exact) mass is 343 g/mol. The Labute approximate surface area is 142 Å². The van der Waals surface area contributed by atoms with Crippen molar-refractivity contribution in [3.8, 4) is 0 Å². The summed E-state index contributed by atoms with van der Waals surface area (Å²) in [5, 5.41) is 10.8. The minimum atomic E-state index is -0.614. The van der Waals surface area contributed by atoms with E-state index in [1.807, 2.05) is 0 Å². The predicted molar refractivity (Wildman–Crippen MR) is 86.3 cm³/mol. The molecule has 7 nitrogen and oxygen atoms in total. The number of halogens is 1. The van der Waals surface area contributed by atoms with Crippen molar-refractivity contribution in [2.24, 2.45) is 0 Å². The summed E-state index contributed by atoms with van der Waals surface area (Å²) in [6.45, 7) is 0.335. The fourth-order valence-electron chi connectivity index (χ4n) is 2.76. The van der Waals surface area contributed by atoms with Crippen molar-refractivity contribution in [2.45, 2.75) is 6.54 Å². The lowest BCUT2D eigenvalue weighted by Crippen LogP contribution is -2.39. The standard InChI is InChI=1S/C17H14FN3O4/c1-19(9-11-3-2-4-12(18)7-11)10-20-16(22)14-6-5-13(21(24)25)8-15(14)17(20)23/h2-8H,9-10H2,1H3. The molecule has 0 N–H and O–H groups in total. The summed E-state index contributed by atoms with van der Waals surface area (Å²) < 4.78 is 13.2. The van der Waals surface area contributed by atoms with Crippen molar-refractivity contribution >= 4 is 17.5 Å². The molecule has 3 rings (SSSR count). The van der Waals surface area contributed by atoms with Crippen molar-refractivity contribution in [3.05, 3.63) is 75.1 Å². The van der Waals surface area contributed by atoms with Gasteiger partial charge in [-0.2, -0.15) is 0 Å². The lowest BCUT2D eigenvalue weighted by Gasteiger charge is -2.22. The highest BCUT2D eigenvalue weighted by Gasteiger charge is 2.37. The van der Waals surface area contributed by atoms with Crippen LogP contribution in [0.3, 0.4) is 0 Å². The molecule has 2 amide bonds. The average Bonchev–Trinajstić information content (AvgIpc) is 2.79. The van der Waals surface area contributed by atoms with Crippen molar-refractivity contribution in [1.29, 1.82) is 0 Å². The summed E-state index contributed by atoms with van der Waals surface area (Å²) in [4.78, 5) is 37.7. The van der Waals surface area contributed by atoms with Gasteiger partial charge in [0.05, 0.1) is 22.7 Å². The molecular formula is C17H14FN3O4. The molecule has 0 fully saturated rings. The van der Waals surface area contributed by atoms with Gasteiger partial charge in [0.2, 0.25) is 0 Å². The molecule has 1 aliphatic heterocycles. The second-order valence-electron chi connectivity index (χ2n) is 5.81. The average molecular weight is 343 g/mol. The van der Waals surface area contributed by atoms with Gasteiger partial charge in [-0.1, -0.05) is 12.1 Å². The molecule has 0 atom stereocenters. The first-order valence-corrected chi connectivity index (χ1v) is 7.44. The Kier molecular flexibility index (Phi) is 4.28. The molecule has 0 unspecified atom stereocenters. The van der Waals surface area contributed by atoms with Crippen molar-refractivity contribution in [2.75, 3.05) is 13.7 Å². The molecule has 0 radical (unpaired) electrons. The highest BCUT2D eigenvalue weighted by Crippen LogP contribution is 2.27. The van der Waals surface area contributed by atoms with Gasteiger partial charge in [-0.3, -0.25) is 29.5 Å². The van der Waals surface area contributed by atoms with E-state index >= 15 is 0 Å². The topological polar surface area (TPSA) is 83.8 Å². The van der Waals surface area contributed by atoms with Crippen LogP contribution in [0.1, 0.15) is 26.3 Å². The number of imide groups is 1. The normalized spacial score (nSPS) is 13.5. The van der Waals surface area contributed by atoms with Crippen LogP contribution in [0.4, 0.5) is 10.1 Å². The van der Waals surface area contributed by atoms with E-state index < -0.39 is 16.7 Å². The highest BCUT2D eigenvalue weighted by molar-refractivity contribution is 6.21. The van der Waals surface area contributed by atoms with Crippen molar-refractivity contribution in [3.63, 3.8) is 0 Å². The van der Waals surface area contributed by atoms with Crippen molar-refractivity contribution < 1.29 is 18.9 Å². The third kappa shape index (κ3) is 3.24. The third-order valence-corrected chi connectivity index (χ3v) is 3.89. The van der Waals surface area contributed by atoms with Gasteiger partial charge in [0.15, 0.2) is 0 Å². The van der Waals surface area contributed by atoms with Crippen LogP contribution in [-0.2, 0) is 6.54 Å². The number of nitrogens with zero attached hydrogens (tertiary/aromatic N) is 3. The minimum absolute atomic E-state index is 0.00332. The Morgan fingerprint density at radius 2 is 1.84 bits per heavy atom. The Hall–Kier alpha value is -3.13. The van der Waals surface area contributed by atoms with Gasteiger partial charge >= 0.3 is 0 Å². The number of fused-ring (bicyclic) bond motifs is 1. The summed E-state index contributed by atoms with van der Waals surface area (Å²) >= 11 is 0. The molecule has 0 aromatic heterocycles. The Bertz CT molecular complexity index is 884. The van der Waals surface area contributed by atoms with E-state index in [9.17, 15) is 24.1 Å². The molecule has 1 heterocycles. The largest absolute Gasteiger partial charge is 0.284 e. The molecule has 8 heteroatoms. The van der Waals surface area contributed by atoms with E-state index in [0.717, 1.165) is 11.0 Å². The van der Waals surface area contributed by atoms with Crippen LogP contribution in [-0.4, -0.2) is 40.3 Å². The summed E-state index contributed by atoms with van der Waals surface area (Å²) in [5.41, 5.74) is 0.637. The number of amides is 2. The summed E-state index contributed by atoms with van der Waals surface area (Å²) in [5.74, 6) is -1.44. The van der Waals surface area contributed by atoms with Crippen LogP contribution in [0.15, 0.2) is 42.5 Å². The SMILES string of the molecule is CN(Cc1cccc(F)c1)CN1C(=O)c2ccc([N+](=O)[O-])cc2C1=O. The van der Waals surface area contributed by atoms with Crippen molar-refractivity contribution in [1.82, 2.24) is 9.80 Å². The highest BCUT2D eigenvalue weighted by atomic mass is 19.1. The molecule has 128 valence electrons. The van der Waals surface area contributed by atoms with Crippen LogP contribution < -0.4 is 0 Å². The lowest BCUT2D eigenvalue weighted by molar-refractivity contribution is -0.384. The fourth-order valence-corrected chi connectivity index (χ4v) is 2.76. The molecule has 0 saturated carbocycles. The van der Waals surface area contributed by atoms with Crippen LogP contribution in [0.2, 0.25) is 0 Å². The Balaban J connectivity index is 1.76. The molecule has 2 aromatic carbocycles. The number of rotatable bonds is 5. The molecule has 1 aliphatic rings. The molecular weight excluding hydrogens is 329 g/mol. The number of carbonyl (C=O) groups excluding carboxylic acids is 2. The maximum atomic E-state index is 13.2. The summed E-state index contributed by atoms with van der Waals surface area (Å²) in [7, 11) is 1.69. The van der Waals surface area contributed by atoms with Crippen LogP contribution in [0.25, 0.3) is 0 Å². The van der Waals surface area contributed by atoms with Gasteiger partial charge in [0.25, 0.3) is 17.5 Å². The second kappa shape index (κ2) is 6.40. The summed E-state index contributed by atoms with van der Waals surface area (Å²) in [6.07, 6.45) is 0. The molecule has 0 bridgehead atoms. The number of non-ortho nitro benzene ring substituents is 1. The first-order chi connectivity index (χ1) is 11.9.